The Balaban J connectivity index is 2.17. The van der Waals surface area contributed by atoms with E-state index in [4.69, 9.17) is 0 Å². The van der Waals surface area contributed by atoms with Gasteiger partial charge < -0.3 is 5.32 Å². The number of amides is 1. The predicted octanol–water partition coefficient (Wildman–Crippen LogP) is 1.96. The van der Waals surface area contributed by atoms with Crippen LogP contribution in [0.1, 0.15) is 39.5 Å². The fraction of sp³-hybridized carbons (Fsp3) is 0.833. The highest BCUT2D eigenvalue weighted by molar-refractivity contribution is 6.09. The smallest absolute Gasteiger partial charge is 0.342 e. The van der Waals surface area contributed by atoms with Gasteiger partial charge in [-0.25, -0.2) is 0 Å². The molecule has 0 aromatic rings. The highest BCUT2D eigenvalue weighted by atomic mass is 19.4. The second kappa shape index (κ2) is 4.68. The van der Waals surface area contributed by atoms with Crippen LogP contribution in [0.5, 0.6) is 0 Å². The number of nitrogens with one attached hydrogen (secondary N) is 2. The van der Waals surface area contributed by atoms with Crippen LogP contribution >= 0.6 is 0 Å². The molecule has 7 heteroatoms. The molecule has 1 aliphatic heterocycles. The van der Waals surface area contributed by atoms with Crippen LogP contribution in [0.25, 0.3) is 0 Å². The molecule has 2 unspecified atom stereocenters. The first-order valence-electron chi connectivity index (χ1n) is 6.47. The number of guanidine groups is 1. The summed E-state index contributed by atoms with van der Waals surface area (Å²) in [5, 5.41) is 5.43. The number of aliphatic imine (C=N–C) groups is 1. The summed E-state index contributed by atoms with van der Waals surface area (Å²) in [5.74, 6) is -1.51. The minimum Gasteiger partial charge on any atom is -0.342 e. The first kappa shape index (κ1) is 14.1. The molecule has 19 heavy (non-hydrogen) atoms. The Labute approximate surface area is 109 Å². The first-order valence-corrected chi connectivity index (χ1v) is 6.47. The third-order valence-electron chi connectivity index (χ3n) is 3.63. The van der Waals surface area contributed by atoms with Crippen LogP contribution in [-0.4, -0.2) is 29.6 Å². The maximum atomic E-state index is 12.8. The van der Waals surface area contributed by atoms with E-state index in [1.54, 1.807) is 0 Å². The normalized spacial score (nSPS) is 33.9. The van der Waals surface area contributed by atoms with Crippen LogP contribution < -0.4 is 10.6 Å². The third kappa shape index (κ3) is 2.84. The molecule has 2 fully saturated rings. The van der Waals surface area contributed by atoms with Crippen molar-refractivity contribution in [3.05, 3.63) is 0 Å². The third-order valence-corrected chi connectivity index (χ3v) is 3.63. The van der Waals surface area contributed by atoms with Crippen molar-refractivity contribution in [1.29, 1.82) is 0 Å². The van der Waals surface area contributed by atoms with Crippen LogP contribution in [0.4, 0.5) is 13.2 Å². The van der Waals surface area contributed by atoms with Crippen LogP contribution in [0.2, 0.25) is 0 Å². The van der Waals surface area contributed by atoms with Crippen molar-refractivity contribution >= 4 is 11.9 Å². The lowest BCUT2D eigenvalue weighted by Gasteiger charge is -2.36. The molecule has 4 nitrogen and oxygen atoms in total. The van der Waals surface area contributed by atoms with Gasteiger partial charge in [-0.2, -0.15) is 13.2 Å². The zero-order chi connectivity index (χ0) is 14.3. The zero-order valence-corrected chi connectivity index (χ0v) is 11.0. The molecule has 2 rings (SSSR count). The Morgan fingerprint density at radius 2 is 2.11 bits per heavy atom. The number of carbonyl (C=O) groups is 1. The quantitative estimate of drug-likeness (QED) is 0.770. The first-order chi connectivity index (χ1) is 8.73. The molecule has 2 aliphatic rings. The summed E-state index contributed by atoms with van der Waals surface area (Å²) in [5.41, 5.74) is -1.13. The van der Waals surface area contributed by atoms with Crippen LogP contribution in [-0.2, 0) is 4.79 Å². The van der Waals surface area contributed by atoms with Gasteiger partial charge in [0.15, 0.2) is 5.96 Å². The summed E-state index contributed by atoms with van der Waals surface area (Å²) in [6, 6.07) is -0.0278. The average molecular weight is 277 g/mol. The van der Waals surface area contributed by atoms with Crippen LogP contribution in [0.3, 0.4) is 0 Å². The molecule has 1 heterocycles. The molecular weight excluding hydrogens is 259 g/mol. The highest BCUT2D eigenvalue weighted by Crippen LogP contribution is 2.42. The predicted molar refractivity (Wildman–Crippen MR) is 64.6 cm³/mol. The monoisotopic (exact) mass is 277 g/mol. The number of nitrogens with zero attached hydrogens (tertiary/aromatic N) is 1. The van der Waals surface area contributed by atoms with E-state index in [9.17, 15) is 18.0 Å². The molecule has 0 aromatic heterocycles. The van der Waals surface area contributed by atoms with Crippen LogP contribution in [0, 0.1) is 5.92 Å². The summed E-state index contributed by atoms with van der Waals surface area (Å²) < 4.78 is 38.5. The van der Waals surface area contributed by atoms with E-state index in [0.717, 1.165) is 0 Å². The summed E-state index contributed by atoms with van der Waals surface area (Å²) >= 11 is 0. The lowest BCUT2D eigenvalue weighted by molar-refractivity contribution is -0.187. The van der Waals surface area contributed by atoms with E-state index in [0.29, 0.717) is 18.8 Å². The van der Waals surface area contributed by atoms with E-state index in [1.807, 2.05) is 13.8 Å². The molecule has 1 saturated heterocycles. The van der Waals surface area contributed by atoms with Gasteiger partial charge in [-0.15, -0.1) is 0 Å². The summed E-state index contributed by atoms with van der Waals surface area (Å²) in [4.78, 5) is 16.1. The van der Waals surface area contributed by atoms with Gasteiger partial charge in [-0.3, -0.25) is 15.1 Å². The lowest BCUT2D eigenvalue weighted by Crippen LogP contribution is -2.52. The second-order valence-corrected chi connectivity index (χ2v) is 5.57. The van der Waals surface area contributed by atoms with E-state index < -0.39 is 17.6 Å². The highest BCUT2D eigenvalue weighted by Gasteiger charge is 2.53. The van der Waals surface area contributed by atoms with Gasteiger partial charge in [0.1, 0.15) is 5.54 Å². The van der Waals surface area contributed by atoms with Gasteiger partial charge >= 0.3 is 6.18 Å². The van der Waals surface area contributed by atoms with Gasteiger partial charge in [-0.1, -0.05) is 0 Å². The Morgan fingerprint density at radius 3 is 2.68 bits per heavy atom. The number of hydrogen-bond acceptors (Lipinski definition) is 2. The molecule has 0 radical (unpaired) electrons. The lowest BCUT2D eigenvalue weighted by atomic mass is 9.75. The standard InChI is InChI=1S/C12H18F3N3O/c1-7(2)16-10-17-9(19)11(18-10)5-3-4-8(6-11)12(13,14)15/h7-8H,3-6H2,1-2H3,(H2,16,17,18,19). The Bertz CT molecular complexity index is 406. The van der Waals surface area contributed by atoms with Crippen molar-refractivity contribution in [1.82, 2.24) is 10.6 Å². The average Bonchev–Trinajstić information content (AvgIpc) is 2.53. The minimum absolute atomic E-state index is 0.0278. The molecule has 1 aliphatic carbocycles. The van der Waals surface area contributed by atoms with Gasteiger partial charge in [0.25, 0.3) is 5.91 Å². The Hall–Kier alpha value is -1.27. The molecule has 1 saturated carbocycles. The Kier molecular flexibility index (Phi) is 3.49. The van der Waals surface area contributed by atoms with Crippen molar-refractivity contribution in [2.75, 3.05) is 0 Å². The molecular formula is C12H18F3N3O. The molecule has 1 spiro atoms. The van der Waals surface area contributed by atoms with E-state index in [-0.39, 0.29) is 24.8 Å². The fourth-order valence-electron chi connectivity index (χ4n) is 2.74. The van der Waals surface area contributed by atoms with Crippen molar-refractivity contribution in [2.24, 2.45) is 10.9 Å². The zero-order valence-electron chi connectivity index (χ0n) is 11.0. The number of alkyl halides is 3. The maximum absolute atomic E-state index is 12.8. The minimum atomic E-state index is -4.24. The van der Waals surface area contributed by atoms with Crippen molar-refractivity contribution < 1.29 is 18.0 Å². The largest absolute Gasteiger partial charge is 0.391 e. The van der Waals surface area contributed by atoms with Crippen molar-refractivity contribution in [3.63, 3.8) is 0 Å². The maximum Gasteiger partial charge on any atom is 0.391 e. The van der Waals surface area contributed by atoms with Gasteiger partial charge in [0.05, 0.1) is 5.92 Å². The molecule has 2 N–H and O–H groups in total. The van der Waals surface area contributed by atoms with E-state index >= 15 is 0 Å². The SMILES string of the molecule is CC(C)N=C1NC(=O)C2(CCCC(C(F)(F)F)C2)N1. The molecule has 0 bridgehead atoms. The number of rotatable bonds is 1. The summed E-state index contributed by atoms with van der Waals surface area (Å²) in [7, 11) is 0. The van der Waals surface area contributed by atoms with Crippen molar-refractivity contribution in [3.8, 4) is 0 Å². The van der Waals surface area contributed by atoms with Crippen LogP contribution in [0.15, 0.2) is 4.99 Å². The second-order valence-electron chi connectivity index (χ2n) is 5.57. The van der Waals surface area contributed by atoms with Gasteiger partial charge in [0.2, 0.25) is 0 Å². The van der Waals surface area contributed by atoms with E-state index in [1.165, 1.54) is 0 Å². The number of carbonyl (C=O) groups excluding carboxylic acids is 1. The number of halogens is 3. The number of hydrogen-bond donors (Lipinski definition) is 2. The molecule has 0 aromatic carbocycles. The summed E-state index contributed by atoms with van der Waals surface area (Å²) in [6.07, 6.45) is -3.55. The molecule has 2 atom stereocenters. The molecule has 108 valence electrons. The topological polar surface area (TPSA) is 53.5 Å². The van der Waals surface area contributed by atoms with Gasteiger partial charge in [-0.05, 0) is 39.5 Å². The Morgan fingerprint density at radius 1 is 1.42 bits per heavy atom. The van der Waals surface area contributed by atoms with E-state index in [2.05, 4.69) is 15.6 Å². The van der Waals surface area contributed by atoms with Gasteiger partial charge in [0, 0.05) is 6.04 Å². The van der Waals surface area contributed by atoms with Crippen molar-refractivity contribution in [2.45, 2.75) is 57.3 Å². The summed E-state index contributed by atoms with van der Waals surface area (Å²) in [6.45, 7) is 3.68. The molecule has 1 amide bonds. The fourth-order valence-corrected chi connectivity index (χ4v) is 2.74.